The van der Waals surface area contributed by atoms with E-state index >= 15 is 0 Å². The summed E-state index contributed by atoms with van der Waals surface area (Å²) >= 11 is 0. The maximum Gasteiger partial charge on any atom is 0.293 e. The summed E-state index contributed by atoms with van der Waals surface area (Å²) in [4.78, 5) is 41.0. The van der Waals surface area contributed by atoms with E-state index in [0.717, 1.165) is 68.0 Å². The molecule has 1 spiro atoms. The number of anilines is 4. The van der Waals surface area contributed by atoms with Gasteiger partial charge in [-0.3, -0.25) is 19.8 Å². The molecule has 4 saturated heterocycles. The number of hydrogen-bond donors (Lipinski definition) is 3. The highest BCUT2D eigenvalue weighted by Crippen LogP contribution is 2.55. The molecule has 0 bridgehead atoms. The Bertz CT molecular complexity index is 2880. The zero-order valence-electron chi connectivity index (χ0n) is 38.3. The molecule has 0 unspecified atom stereocenters. The predicted molar refractivity (Wildman–Crippen MR) is 260 cm³/mol. The number of hydrogen-bond acceptors (Lipinski definition) is 13. The highest BCUT2D eigenvalue weighted by molar-refractivity contribution is 7.90. The molecule has 11 rings (SSSR count). The number of rotatable bonds is 12. The molecule has 356 valence electrons. The van der Waals surface area contributed by atoms with Crippen LogP contribution >= 0.6 is 0 Å². The minimum atomic E-state index is -4.59. The van der Waals surface area contributed by atoms with Crippen molar-refractivity contribution in [2.24, 2.45) is 11.3 Å². The summed E-state index contributed by atoms with van der Waals surface area (Å²) in [5.74, 6) is -0.233. The van der Waals surface area contributed by atoms with E-state index in [9.17, 15) is 23.3 Å². The SMILES string of the molecule is C=C(C)c1ccccc1[C@@H]1CCCN1C1CC2(CCN(c3ccc(C(=O)NS(=O)(=O)c4ccc(NCC5CCOCC5)c([N+](=O)[O-])c4)c(N4c5cc6cc[nH]c6nc5O[C@H]5COC[C@H]54)c3)CC2)C1. The maximum atomic E-state index is 14.6. The fourth-order valence-corrected chi connectivity index (χ4v) is 12.8. The van der Waals surface area contributed by atoms with Gasteiger partial charge >= 0.3 is 0 Å². The Morgan fingerprint density at radius 3 is 2.56 bits per heavy atom. The second-order valence-electron chi connectivity index (χ2n) is 19.7. The minimum Gasteiger partial charge on any atom is -0.468 e. The number of sulfonamides is 1. The number of nitrogens with one attached hydrogen (secondary N) is 3. The largest absolute Gasteiger partial charge is 0.468 e. The second-order valence-corrected chi connectivity index (χ2v) is 21.4. The number of fused-ring (bicyclic) bond motifs is 3. The Kier molecular flexibility index (Phi) is 11.7. The van der Waals surface area contributed by atoms with Crippen molar-refractivity contribution in [3.8, 4) is 5.88 Å². The lowest BCUT2D eigenvalue weighted by Crippen LogP contribution is -2.55. The number of nitro benzene ring substituents is 1. The third kappa shape index (κ3) is 8.26. The molecule has 7 heterocycles. The van der Waals surface area contributed by atoms with Crippen LogP contribution in [-0.2, 0) is 19.5 Å². The van der Waals surface area contributed by atoms with Crippen molar-refractivity contribution in [3.05, 3.63) is 112 Å². The van der Waals surface area contributed by atoms with Crippen molar-refractivity contribution in [2.45, 2.75) is 87.4 Å². The Balaban J connectivity index is 0.866. The molecule has 0 radical (unpaired) electrons. The van der Waals surface area contributed by atoms with Crippen LogP contribution < -0.4 is 24.6 Å². The first-order valence-electron chi connectivity index (χ1n) is 24.0. The van der Waals surface area contributed by atoms with Crippen LogP contribution in [-0.4, -0.2) is 105 Å². The van der Waals surface area contributed by atoms with Crippen LogP contribution in [0, 0.1) is 21.4 Å². The molecule has 1 aliphatic carbocycles. The molecule has 68 heavy (non-hydrogen) atoms. The van der Waals surface area contributed by atoms with Crippen LogP contribution in [0.25, 0.3) is 16.6 Å². The van der Waals surface area contributed by atoms with E-state index in [0.29, 0.717) is 68.0 Å². The highest BCUT2D eigenvalue weighted by atomic mass is 32.2. The van der Waals surface area contributed by atoms with Crippen molar-refractivity contribution >= 4 is 61.0 Å². The molecule has 16 nitrogen and oxygen atoms in total. The van der Waals surface area contributed by atoms with Crippen LogP contribution in [0.3, 0.4) is 0 Å². The second kappa shape index (κ2) is 17.8. The first-order chi connectivity index (χ1) is 32.9. The number of amides is 1. The lowest BCUT2D eigenvalue weighted by Gasteiger charge is -2.56. The fraction of sp³-hybridized carbons (Fsp3) is 0.451. The average molecular weight is 943 g/mol. The summed E-state index contributed by atoms with van der Waals surface area (Å²) < 4.78 is 48.3. The van der Waals surface area contributed by atoms with E-state index in [4.69, 9.17) is 19.2 Å². The molecule has 1 saturated carbocycles. The standard InChI is InChI=1S/C51H58N8O8S/c1-32(2)38-6-3-4-7-39(38)42-8-5-19-57(42)36-27-51(28-36)16-20-56(21-17-51)35-9-11-40(43(25-35)58-45-24-34-13-18-52-48(34)54-50(45)67-47-31-66-30-46(47)58)49(60)55-68(63,64)37-10-12-41(44(26-37)59(61)62)53-29-33-14-22-65-23-15-33/h3-4,6-7,9-13,18,24-26,33,36,42,46-47,53H,1,5,8,14-17,19-23,27-31H2,2H3,(H,52,54)(H,55,60)/t42-,46+,47-/m0/s1. The maximum absolute atomic E-state index is 14.6. The van der Waals surface area contributed by atoms with Gasteiger partial charge in [-0.15, -0.1) is 0 Å². The average Bonchev–Trinajstić information content (AvgIpc) is 4.13. The fourth-order valence-electron chi connectivity index (χ4n) is 11.8. The number of pyridine rings is 1. The van der Waals surface area contributed by atoms with E-state index in [1.807, 2.05) is 29.2 Å². The van der Waals surface area contributed by atoms with E-state index < -0.39 is 37.5 Å². The van der Waals surface area contributed by atoms with Gasteiger partial charge in [0, 0.05) is 68.3 Å². The number of H-pyrrole nitrogens is 1. The molecular formula is C51H58N8O8S. The number of nitro groups is 1. The molecular weight excluding hydrogens is 885 g/mol. The number of piperidine rings is 1. The van der Waals surface area contributed by atoms with Gasteiger partial charge in [0.25, 0.3) is 21.6 Å². The molecule has 3 aromatic carbocycles. The van der Waals surface area contributed by atoms with Crippen molar-refractivity contribution in [1.82, 2.24) is 19.6 Å². The van der Waals surface area contributed by atoms with Gasteiger partial charge in [-0.1, -0.05) is 36.4 Å². The summed E-state index contributed by atoms with van der Waals surface area (Å²) in [6.45, 7) is 11.5. The molecule has 6 aliphatic rings. The number of aromatic nitrogens is 2. The summed E-state index contributed by atoms with van der Waals surface area (Å²) in [6, 6.07) is 22.5. The summed E-state index contributed by atoms with van der Waals surface area (Å²) in [6.07, 6.45) is 9.87. The van der Waals surface area contributed by atoms with Gasteiger partial charge in [0.05, 0.1) is 40.3 Å². The van der Waals surface area contributed by atoms with Crippen molar-refractivity contribution in [3.63, 3.8) is 0 Å². The molecule has 2 aromatic heterocycles. The van der Waals surface area contributed by atoms with Crippen LogP contribution in [0.4, 0.5) is 28.4 Å². The van der Waals surface area contributed by atoms with Crippen molar-refractivity contribution in [2.75, 3.05) is 67.7 Å². The molecule has 17 heteroatoms. The van der Waals surface area contributed by atoms with Gasteiger partial charge in [-0.2, -0.15) is 4.98 Å². The zero-order chi connectivity index (χ0) is 46.7. The van der Waals surface area contributed by atoms with Gasteiger partial charge in [0.2, 0.25) is 5.88 Å². The van der Waals surface area contributed by atoms with Crippen LogP contribution in [0.1, 0.15) is 85.8 Å². The highest BCUT2D eigenvalue weighted by Gasteiger charge is 2.50. The third-order valence-electron chi connectivity index (χ3n) is 15.5. The molecule has 5 aromatic rings. The Labute approximate surface area is 396 Å². The number of ether oxygens (including phenoxy) is 3. The predicted octanol–water partition coefficient (Wildman–Crippen LogP) is 8.35. The Morgan fingerprint density at radius 2 is 1.76 bits per heavy atom. The van der Waals surface area contributed by atoms with Crippen molar-refractivity contribution in [1.29, 1.82) is 0 Å². The normalized spacial score (nSPS) is 22.9. The summed E-state index contributed by atoms with van der Waals surface area (Å²) in [5.41, 5.74) is 6.64. The molecule has 1 amide bonds. The number of aromatic amines is 1. The Morgan fingerprint density at radius 1 is 0.956 bits per heavy atom. The van der Waals surface area contributed by atoms with Gasteiger partial charge in [0.1, 0.15) is 23.1 Å². The molecule has 5 fully saturated rings. The number of benzene rings is 3. The number of carbonyl (C=O) groups is 1. The summed E-state index contributed by atoms with van der Waals surface area (Å²) in [5, 5.41) is 16.2. The van der Waals surface area contributed by atoms with Crippen LogP contribution in [0.5, 0.6) is 5.88 Å². The van der Waals surface area contributed by atoms with Gasteiger partial charge in [-0.25, -0.2) is 13.1 Å². The van der Waals surface area contributed by atoms with E-state index in [-0.39, 0.29) is 28.6 Å². The van der Waals surface area contributed by atoms with E-state index in [2.05, 4.69) is 62.6 Å². The molecule has 3 atom stereocenters. The van der Waals surface area contributed by atoms with E-state index in [1.54, 1.807) is 12.3 Å². The number of likely N-dealkylation sites (tertiary alicyclic amines) is 1. The number of carbonyl (C=O) groups excluding carboxylic acids is 1. The topological polar surface area (TPSA) is 184 Å². The minimum absolute atomic E-state index is 0.109. The van der Waals surface area contributed by atoms with E-state index in [1.165, 1.54) is 48.9 Å². The Hall–Kier alpha value is -6.01. The van der Waals surface area contributed by atoms with Gasteiger partial charge < -0.3 is 34.3 Å². The quantitative estimate of drug-likeness (QED) is 0.0802. The molecule has 5 aliphatic heterocycles. The van der Waals surface area contributed by atoms with Crippen LogP contribution in [0.15, 0.2) is 90.5 Å². The number of nitrogens with zero attached hydrogens (tertiary/aromatic N) is 5. The molecule has 3 N–H and O–H groups in total. The lowest BCUT2D eigenvalue weighted by atomic mass is 9.59. The zero-order valence-corrected chi connectivity index (χ0v) is 39.1. The summed E-state index contributed by atoms with van der Waals surface area (Å²) in [7, 11) is -4.59. The van der Waals surface area contributed by atoms with Gasteiger partial charge in [-0.05, 0) is 130 Å². The van der Waals surface area contributed by atoms with Crippen LogP contribution in [0.2, 0.25) is 0 Å². The smallest absolute Gasteiger partial charge is 0.293 e. The number of allylic oxidation sites excluding steroid dienone is 1. The first kappa shape index (κ1) is 44.5. The van der Waals surface area contributed by atoms with Crippen molar-refractivity contribution < 1.29 is 32.3 Å². The third-order valence-corrected chi connectivity index (χ3v) is 16.8. The first-order valence-corrected chi connectivity index (χ1v) is 25.5. The lowest BCUT2D eigenvalue weighted by molar-refractivity contribution is -0.384. The van der Waals surface area contributed by atoms with Gasteiger partial charge in [0.15, 0.2) is 0 Å². The monoisotopic (exact) mass is 942 g/mol.